The van der Waals surface area contributed by atoms with E-state index in [1.54, 1.807) is 41.5 Å². The third-order valence-electron chi connectivity index (χ3n) is 4.85. The van der Waals surface area contributed by atoms with Crippen LogP contribution in [0.5, 0.6) is 5.75 Å². The second-order valence-corrected chi connectivity index (χ2v) is 9.67. The van der Waals surface area contributed by atoms with Crippen LogP contribution in [0, 0.1) is 10.1 Å². The van der Waals surface area contributed by atoms with E-state index in [0.717, 1.165) is 0 Å². The highest BCUT2D eigenvalue weighted by molar-refractivity contribution is 5.91. The van der Waals surface area contributed by atoms with Crippen molar-refractivity contribution in [3.8, 4) is 5.75 Å². The maximum absolute atomic E-state index is 13.1. The number of ether oxygens (including phenoxy) is 2. The third kappa shape index (κ3) is 6.66. The lowest BCUT2D eigenvalue weighted by molar-refractivity contribution is -0.384. The highest BCUT2D eigenvalue weighted by Crippen LogP contribution is 2.24. The average Bonchev–Trinajstić information content (AvgIpc) is 3.14. The normalized spacial score (nSPS) is 16.4. The topological polar surface area (TPSA) is 119 Å². The number of nitro groups is 1. The zero-order chi connectivity index (χ0) is 24.3. The summed E-state index contributed by atoms with van der Waals surface area (Å²) in [6.07, 6.45) is -0.156. The molecule has 1 aliphatic heterocycles. The maximum atomic E-state index is 13.1. The fourth-order valence-electron chi connectivity index (χ4n) is 3.27. The molecule has 1 fully saturated rings. The van der Waals surface area contributed by atoms with E-state index >= 15 is 0 Å². The molecule has 0 N–H and O–H groups in total. The average molecular weight is 450 g/mol. The smallest absolute Gasteiger partial charge is 0.416 e. The second kappa shape index (κ2) is 9.54. The van der Waals surface area contributed by atoms with Crippen LogP contribution in [0.1, 0.15) is 54.4 Å². The minimum Gasteiger partial charge on any atom is -0.444 e. The number of hydrogen-bond acceptors (Lipinski definition) is 7. The number of hydrogen-bond donors (Lipinski definition) is 0. The van der Waals surface area contributed by atoms with E-state index in [-0.39, 0.29) is 23.8 Å². The molecule has 2 amide bonds. The molecule has 1 heterocycles. The van der Waals surface area contributed by atoms with Gasteiger partial charge in [-0.3, -0.25) is 24.7 Å². The molecule has 0 aromatic heterocycles. The molecule has 0 spiro atoms. The molecule has 1 aromatic rings. The summed E-state index contributed by atoms with van der Waals surface area (Å²) in [5, 5.41) is 10.8. The predicted molar refractivity (Wildman–Crippen MR) is 117 cm³/mol. The Morgan fingerprint density at radius 3 is 2.22 bits per heavy atom. The molecule has 10 heteroatoms. The van der Waals surface area contributed by atoms with Crippen molar-refractivity contribution >= 4 is 23.7 Å². The van der Waals surface area contributed by atoms with E-state index in [1.807, 2.05) is 0 Å². The summed E-state index contributed by atoms with van der Waals surface area (Å²) in [7, 11) is 0. The summed E-state index contributed by atoms with van der Waals surface area (Å²) in [4.78, 5) is 51.4. The number of Topliss-reactive ketones (excluding diaryl/α,β-unsaturated/α-hetero) is 1. The van der Waals surface area contributed by atoms with Gasteiger partial charge in [-0.2, -0.15) is 0 Å². The van der Waals surface area contributed by atoms with Gasteiger partial charge in [-0.1, -0.05) is 0 Å². The van der Waals surface area contributed by atoms with Crippen molar-refractivity contribution in [2.75, 3.05) is 13.1 Å². The van der Waals surface area contributed by atoms with Crippen LogP contribution in [0.15, 0.2) is 24.3 Å². The molecule has 0 saturated carbocycles. The molecule has 10 nitrogen and oxygen atoms in total. The Bertz CT molecular complexity index is 869. The van der Waals surface area contributed by atoms with Gasteiger partial charge in [0.1, 0.15) is 11.4 Å². The van der Waals surface area contributed by atoms with Gasteiger partial charge in [-0.25, -0.2) is 9.59 Å². The molecule has 0 unspecified atom stereocenters. The number of nitro benzene ring substituents is 1. The van der Waals surface area contributed by atoms with Crippen LogP contribution >= 0.6 is 0 Å². The lowest BCUT2D eigenvalue weighted by Gasteiger charge is -2.35. The van der Waals surface area contributed by atoms with Crippen molar-refractivity contribution in [3.63, 3.8) is 0 Å². The first-order chi connectivity index (χ1) is 14.7. The first kappa shape index (κ1) is 25.1. The summed E-state index contributed by atoms with van der Waals surface area (Å²) in [5.41, 5.74) is -1.56. The van der Waals surface area contributed by atoms with Gasteiger partial charge in [0.05, 0.1) is 17.5 Å². The molecule has 1 aromatic carbocycles. The second-order valence-electron chi connectivity index (χ2n) is 9.67. The van der Waals surface area contributed by atoms with Gasteiger partial charge in [0.15, 0.2) is 5.78 Å². The number of benzene rings is 1. The molecule has 0 radical (unpaired) electrons. The minimum absolute atomic E-state index is 0.124. The first-order valence-electron chi connectivity index (χ1n) is 10.5. The monoisotopic (exact) mass is 449 g/mol. The van der Waals surface area contributed by atoms with Gasteiger partial charge in [0.25, 0.3) is 5.69 Å². The Balaban J connectivity index is 2.12. The molecule has 2 rings (SSSR count). The number of likely N-dealkylation sites (tertiary alicyclic amines) is 1. The standard InChI is InChI=1S/C22H31N3O7/c1-21(2,3)24(20(28)31-16-11-9-15(10-12-16)25(29)30)14-18(26)17-8-7-13-23(17)19(27)32-22(4,5)6/h9-12,17H,7-8,13-14H2,1-6H3/t17-/m0/s1. The molecule has 176 valence electrons. The van der Waals surface area contributed by atoms with Crippen LogP contribution < -0.4 is 4.74 Å². The predicted octanol–water partition coefficient (Wildman–Crippen LogP) is 4.16. The van der Waals surface area contributed by atoms with Crippen molar-refractivity contribution in [2.45, 2.75) is 71.6 Å². The van der Waals surface area contributed by atoms with Crippen molar-refractivity contribution in [1.29, 1.82) is 0 Å². The van der Waals surface area contributed by atoms with E-state index < -0.39 is 34.3 Å². The zero-order valence-corrected chi connectivity index (χ0v) is 19.4. The highest BCUT2D eigenvalue weighted by Gasteiger charge is 2.39. The largest absolute Gasteiger partial charge is 0.444 e. The van der Waals surface area contributed by atoms with Crippen LogP contribution in [0.4, 0.5) is 15.3 Å². The van der Waals surface area contributed by atoms with E-state index in [2.05, 4.69) is 0 Å². The van der Waals surface area contributed by atoms with Gasteiger partial charge >= 0.3 is 12.2 Å². The van der Waals surface area contributed by atoms with E-state index in [4.69, 9.17) is 9.47 Å². The van der Waals surface area contributed by atoms with Crippen LogP contribution in [-0.4, -0.2) is 63.0 Å². The van der Waals surface area contributed by atoms with Crippen molar-refractivity contribution in [1.82, 2.24) is 9.80 Å². The molecular weight excluding hydrogens is 418 g/mol. The molecule has 1 aliphatic rings. The summed E-state index contributed by atoms with van der Waals surface area (Å²) in [5.74, 6) is -0.164. The zero-order valence-electron chi connectivity index (χ0n) is 19.4. The summed E-state index contributed by atoms with van der Waals surface area (Å²) in [6.45, 7) is 10.7. The number of carbonyl (C=O) groups excluding carboxylic acids is 3. The molecule has 0 bridgehead atoms. The maximum Gasteiger partial charge on any atom is 0.416 e. The number of non-ortho nitro benzene ring substituents is 1. The van der Waals surface area contributed by atoms with Crippen LogP contribution in [0.2, 0.25) is 0 Å². The fraction of sp³-hybridized carbons (Fsp3) is 0.591. The van der Waals surface area contributed by atoms with E-state index in [9.17, 15) is 24.5 Å². The number of carbonyl (C=O) groups is 3. The van der Waals surface area contributed by atoms with Gasteiger partial charge in [0.2, 0.25) is 0 Å². The number of amides is 2. The molecule has 32 heavy (non-hydrogen) atoms. The van der Waals surface area contributed by atoms with Gasteiger partial charge in [-0.05, 0) is 66.5 Å². The van der Waals surface area contributed by atoms with Crippen molar-refractivity contribution in [3.05, 3.63) is 34.4 Å². The Morgan fingerprint density at radius 2 is 1.72 bits per heavy atom. The molecule has 1 saturated heterocycles. The van der Waals surface area contributed by atoms with Gasteiger partial charge in [0, 0.05) is 24.2 Å². The Labute approximate surface area is 187 Å². The Kier molecular flexibility index (Phi) is 7.48. The number of rotatable bonds is 5. The van der Waals surface area contributed by atoms with E-state index in [0.29, 0.717) is 19.4 Å². The molecule has 1 atom stereocenters. The number of nitrogens with zero attached hydrogens (tertiary/aromatic N) is 3. The molecular formula is C22H31N3O7. The quantitative estimate of drug-likeness (QED) is 0.489. The lowest BCUT2D eigenvalue weighted by Crippen LogP contribution is -2.53. The Hall–Kier alpha value is -3.17. The first-order valence-corrected chi connectivity index (χ1v) is 10.5. The molecule has 0 aliphatic carbocycles. The highest BCUT2D eigenvalue weighted by atomic mass is 16.6. The van der Waals surface area contributed by atoms with Crippen LogP contribution in [0.25, 0.3) is 0 Å². The lowest BCUT2D eigenvalue weighted by atomic mass is 10.0. The summed E-state index contributed by atoms with van der Waals surface area (Å²) < 4.78 is 10.8. The van der Waals surface area contributed by atoms with Crippen LogP contribution in [0.3, 0.4) is 0 Å². The summed E-state index contributed by atoms with van der Waals surface area (Å²) in [6, 6.07) is 4.42. The Morgan fingerprint density at radius 1 is 1.12 bits per heavy atom. The third-order valence-corrected chi connectivity index (χ3v) is 4.85. The minimum atomic E-state index is -0.762. The van der Waals surface area contributed by atoms with Gasteiger partial charge in [-0.15, -0.1) is 0 Å². The van der Waals surface area contributed by atoms with E-state index in [1.165, 1.54) is 34.1 Å². The van der Waals surface area contributed by atoms with Crippen molar-refractivity contribution in [2.24, 2.45) is 0 Å². The van der Waals surface area contributed by atoms with Gasteiger partial charge < -0.3 is 9.47 Å². The van der Waals surface area contributed by atoms with Crippen LogP contribution in [-0.2, 0) is 9.53 Å². The van der Waals surface area contributed by atoms with Crippen molar-refractivity contribution < 1.29 is 28.8 Å². The summed E-state index contributed by atoms with van der Waals surface area (Å²) >= 11 is 0. The SMILES string of the molecule is CC(C)(C)OC(=O)N1CCC[C@H]1C(=O)CN(C(=O)Oc1ccc([N+](=O)[O-])cc1)C(C)(C)C. The number of ketones is 1. The fourth-order valence-corrected chi connectivity index (χ4v) is 3.27.